The molecular weight excluding hydrogens is 291 g/mol. The number of halogens is 3. The molecule has 1 N–H and O–H groups in total. The van der Waals surface area contributed by atoms with Crippen molar-refractivity contribution in [3.63, 3.8) is 0 Å². The number of sulfone groups is 1. The Bertz CT molecular complexity index is 560. The molecule has 20 heavy (non-hydrogen) atoms. The molecule has 7 heteroatoms. The van der Waals surface area contributed by atoms with Crippen molar-refractivity contribution in [2.45, 2.75) is 37.4 Å². The van der Waals surface area contributed by atoms with E-state index in [-0.39, 0.29) is 22.7 Å². The van der Waals surface area contributed by atoms with E-state index < -0.39 is 21.6 Å². The Morgan fingerprint density at radius 2 is 1.75 bits per heavy atom. The van der Waals surface area contributed by atoms with E-state index in [1.165, 1.54) is 6.07 Å². The summed E-state index contributed by atoms with van der Waals surface area (Å²) in [5, 5.41) is 2.99. The second-order valence-electron chi connectivity index (χ2n) is 5.52. The van der Waals surface area contributed by atoms with Crippen molar-refractivity contribution in [2.75, 3.05) is 12.3 Å². The first-order chi connectivity index (χ1) is 8.92. The molecule has 0 aliphatic rings. The number of hydrogen-bond acceptors (Lipinski definition) is 3. The van der Waals surface area contributed by atoms with Gasteiger partial charge >= 0.3 is 6.18 Å². The summed E-state index contributed by atoms with van der Waals surface area (Å²) in [4.78, 5) is -0.303. The highest BCUT2D eigenvalue weighted by Crippen LogP contribution is 2.30. The summed E-state index contributed by atoms with van der Waals surface area (Å²) >= 11 is 0. The minimum absolute atomic E-state index is 0.183. The number of hydrogen-bond donors (Lipinski definition) is 1. The smallest absolute Gasteiger partial charge is 0.311 e. The molecule has 114 valence electrons. The maximum atomic E-state index is 12.6. The SMILES string of the molecule is CC(C)(C)NCCS(=O)(=O)c1cccc(C(F)(F)F)c1. The second-order valence-corrected chi connectivity index (χ2v) is 7.63. The molecule has 0 aliphatic heterocycles. The zero-order chi connectivity index (χ0) is 15.6. The summed E-state index contributed by atoms with van der Waals surface area (Å²) in [6.45, 7) is 5.82. The van der Waals surface area contributed by atoms with E-state index >= 15 is 0 Å². The van der Waals surface area contributed by atoms with Crippen LogP contribution in [0.4, 0.5) is 13.2 Å². The Morgan fingerprint density at radius 3 is 2.25 bits per heavy atom. The standard InChI is InChI=1S/C13H18F3NO2S/c1-12(2,3)17-7-8-20(18,19)11-6-4-5-10(9-11)13(14,15)16/h4-6,9,17H,7-8H2,1-3H3. The molecule has 0 saturated heterocycles. The molecule has 0 aliphatic carbocycles. The monoisotopic (exact) mass is 309 g/mol. The van der Waals surface area contributed by atoms with Gasteiger partial charge in [0.15, 0.2) is 9.84 Å². The third kappa shape index (κ3) is 5.13. The molecule has 0 aromatic heterocycles. The molecule has 0 heterocycles. The third-order valence-electron chi connectivity index (χ3n) is 2.55. The van der Waals surface area contributed by atoms with Crippen molar-refractivity contribution >= 4 is 9.84 Å². The fraction of sp³-hybridized carbons (Fsp3) is 0.538. The van der Waals surface area contributed by atoms with Gasteiger partial charge < -0.3 is 5.32 Å². The molecular formula is C13H18F3NO2S. The minimum Gasteiger partial charge on any atom is -0.311 e. The molecule has 3 nitrogen and oxygen atoms in total. The Hall–Kier alpha value is -1.08. The summed E-state index contributed by atoms with van der Waals surface area (Å²) in [6.07, 6.45) is -4.55. The summed E-state index contributed by atoms with van der Waals surface area (Å²) in [5.74, 6) is -0.244. The van der Waals surface area contributed by atoms with Crippen molar-refractivity contribution in [1.29, 1.82) is 0 Å². The van der Waals surface area contributed by atoms with Crippen LogP contribution in [0, 0.1) is 0 Å². The molecule has 1 rings (SSSR count). The first-order valence-electron chi connectivity index (χ1n) is 6.07. The Balaban J connectivity index is 2.88. The lowest BCUT2D eigenvalue weighted by Crippen LogP contribution is -2.38. The lowest BCUT2D eigenvalue weighted by atomic mass is 10.1. The minimum atomic E-state index is -4.55. The van der Waals surface area contributed by atoms with E-state index in [2.05, 4.69) is 5.32 Å². The normalized spacial score (nSPS) is 13.5. The van der Waals surface area contributed by atoms with Crippen molar-refractivity contribution < 1.29 is 21.6 Å². The molecule has 0 amide bonds. The van der Waals surface area contributed by atoms with E-state index in [4.69, 9.17) is 0 Å². The van der Waals surface area contributed by atoms with Crippen LogP contribution >= 0.6 is 0 Å². The maximum absolute atomic E-state index is 12.6. The summed E-state index contributed by atoms with van der Waals surface area (Å²) in [7, 11) is -3.73. The molecule has 0 bridgehead atoms. The van der Waals surface area contributed by atoms with E-state index in [0.29, 0.717) is 6.07 Å². The number of rotatable bonds is 4. The molecule has 0 radical (unpaired) electrons. The summed E-state index contributed by atoms with van der Waals surface area (Å²) < 4.78 is 61.7. The third-order valence-corrected chi connectivity index (χ3v) is 4.26. The quantitative estimate of drug-likeness (QED) is 0.930. The number of alkyl halides is 3. The average molecular weight is 309 g/mol. The van der Waals surface area contributed by atoms with Gasteiger partial charge in [-0.15, -0.1) is 0 Å². The van der Waals surface area contributed by atoms with Crippen LogP contribution in [0.25, 0.3) is 0 Å². The van der Waals surface area contributed by atoms with Gasteiger partial charge in [0.2, 0.25) is 0 Å². The highest BCUT2D eigenvalue weighted by Gasteiger charge is 2.31. The van der Waals surface area contributed by atoms with Crippen LogP contribution in [-0.4, -0.2) is 26.3 Å². The van der Waals surface area contributed by atoms with E-state index in [1.54, 1.807) is 0 Å². The van der Waals surface area contributed by atoms with Crippen molar-refractivity contribution in [2.24, 2.45) is 0 Å². The molecule has 0 fully saturated rings. The highest BCUT2D eigenvalue weighted by atomic mass is 32.2. The zero-order valence-corrected chi connectivity index (χ0v) is 12.4. The topological polar surface area (TPSA) is 46.2 Å². The van der Waals surface area contributed by atoms with Crippen LogP contribution in [-0.2, 0) is 16.0 Å². The van der Waals surface area contributed by atoms with Crippen molar-refractivity contribution in [1.82, 2.24) is 5.32 Å². The Morgan fingerprint density at radius 1 is 1.15 bits per heavy atom. The summed E-state index contributed by atoms with van der Waals surface area (Å²) in [5.41, 5.74) is -1.20. The molecule has 1 aromatic rings. The Labute approximate surface area is 117 Å². The second kappa shape index (κ2) is 5.73. The van der Waals surface area contributed by atoms with Gasteiger partial charge in [0.25, 0.3) is 0 Å². The maximum Gasteiger partial charge on any atom is 0.416 e. The Kier molecular flexibility index (Phi) is 4.86. The highest BCUT2D eigenvalue weighted by molar-refractivity contribution is 7.91. The fourth-order valence-corrected chi connectivity index (χ4v) is 2.74. The van der Waals surface area contributed by atoms with Crippen molar-refractivity contribution in [3.05, 3.63) is 29.8 Å². The van der Waals surface area contributed by atoms with Gasteiger partial charge in [0.05, 0.1) is 16.2 Å². The van der Waals surface area contributed by atoms with E-state index in [9.17, 15) is 21.6 Å². The van der Waals surface area contributed by atoms with Crippen LogP contribution < -0.4 is 5.32 Å². The molecule has 0 spiro atoms. The summed E-state index contributed by atoms with van der Waals surface area (Å²) in [6, 6.07) is 3.81. The van der Waals surface area contributed by atoms with E-state index in [1.807, 2.05) is 20.8 Å². The van der Waals surface area contributed by atoms with Gasteiger partial charge in [-0.05, 0) is 39.0 Å². The van der Waals surface area contributed by atoms with Gasteiger partial charge in [0.1, 0.15) is 0 Å². The van der Waals surface area contributed by atoms with Crippen LogP contribution in [0.15, 0.2) is 29.2 Å². The fourth-order valence-electron chi connectivity index (χ4n) is 1.54. The predicted molar refractivity (Wildman–Crippen MR) is 71.3 cm³/mol. The van der Waals surface area contributed by atoms with Gasteiger partial charge in [-0.2, -0.15) is 13.2 Å². The van der Waals surface area contributed by atoms with Gasteiger partial charge in [-0.25, -0.2) is 8.42 Å². The van der Waals surface area contributed by atoms with Gasteiger partial charge in [-0.1, -0.05) is 6.07 Å². The lowest BCUT2D eigenvalue weighted by molar-refractivity contribution is -0.137. The van der Waals surface area contributed by atoms with Gasteiger partial charge in [-0.3, -0.25) is 0 Å². The number of benzene rings is 1. The lowest BCUT2D eigenvalue weighted by Gasteiger charge is -2.20. The average Bonchev–Trinajstić information content (AvgIpc) is 2.26. The van der Waals surface area contributed by atoms with Crippen LogP contribution in [0.5, 0.6) is 0 Å². The van der Waals surface area contributed by atoms with E-state index in [0.717, 1.165) is 12.1 Å². The number of nitrogens with one attached hydrogen (secondary N) is 1. The molecule has 0 saturated carbocycles. The largest absolute Gasteiger partial charge is 0.416 e. The molecule has 1 aromatic carbocycles. The van der Waals surface area contributed by atoms with Crippen LogP contribution in [0.3, 0.4) is 0 Å². The molecule has 0 atom stereocenters. The zero-order valence-electron chi connectivity index (χ0n) is 11.6. The predicted octanol–water partition coefficient (Wildman–Crippen LogP) is 2.87. The first-order valence-corrected chi connectivity index (χ1v) is 7.72. The van der Waals surface area contributed by atoms with Gasteiger partial charge in [0, 0.05) is 12.1 Å². The van der Waals surface area contributed by atoms with Crippen LogP contribution in [0.2, 0.25) is 0 Å². The first kappa shape index (κ1) is 17.0. The van der Waals surface area contributed by atoms with Crippen molar-refractivity contribution in [3.8, 4) is 0 Å². The molecule has 0 unspecified atom stereocenters. The van der Waals surface area contributed by atoms with Crippen LogP contribution in [0.1, 0.15) is 26.3 Å².